The molecule has 0 aliphatic heterocycles. The third-order valence-electron chi connectivity index (χ3n) is 4.38. The lowest BCUT2D eigenvalue weighted by atomic mass is 10.2. The predicted octanol–water partition coefficient (Wildman–Crippen LogP) is 3.63. The number of anilines is 1. The minimum Gasteiger partial charge on any atom is -0.347 e. The summed E-state index contributed by atoms with van der Waals surface area (Å²) in [5, 5.41) is 16.7. The number of nitrogens with zero attached hydrogens (tertiary/aromatic N) is 2. The number of para-hydroxylation sites is 2. The van der Waals surface area contributed by atoms with Crippen LogP contribution in [0.5, 0.6) is 0 Å². The molecular weight excluding hydrogens is 404 g/mol. The molecule has 30 heavy (non-hydrogen) atoms. The molecule has 0 aliphatic rings. The van der Waals surface area contributed by atoms with Crippen LogP contribution in [0.1, 0.15) is 16.1 Å². The lowest BCUT2D eigenvalue weighted by Crippen LogP contribution is -2.36. The number of nitrogens with one attached hydrogen (secondary N) is 2. The zero-order valence-corrected chi connectivity index (χ0v) is 17.3. The van der Waals surface area contributed by atoms with E-state index in [1.54, 1.807) is 17.4 Å². The van der Waals surface area contributed by atoms with Crippen LogP contribution < -0.4 is 10.6 Å². The first-order valence-corrected chi connectivity index (χ1v) is 10.0. The van der Waals surface area contributed by atoms with Crippen molar-refractivity contribution in [1.82, 2.24) is 10.3 Å². The summed E-state index contributed by atoms with van der Waals surface area (Å²) in [5.74, 6) is -1.81. The van der Waals surface area contributed by atoms with E-state index in [4.69, 9.17) is 0 Å². The Morgan fingerprint density at radius 1 is 1.07 bits per heavy atom. The van der Waals surface area contributed by atoms with Crippen LogP contribution >= 0.6 is 11.3 Å². The molecule has 0 unspecified atom stereocenters. The van der Waals surface area contributed by atoms with Gasteiger partial charge in [0.2, 0.25) is 0 Å². The van der Waals surface area contributed by atoms with E-state index in [9.17, 15) is 19.7 Å². The summed E-state index contributed by atoms with van der Waals surface area (Å²) >= 11 is 1.55. The fourth-order valence-electron chi connectivity index (χ4n) is 2.77. The summed E-state index contributed by atoms with van der Waals surface area (Å²) in [7, 11) is 0. The standard InChI is InChI=1S/C21H20N4O4S/c1-13-7-9-15(10-8-13)21-23-14(2)18(30-21)11-12-22-19(26)20(27)24-16-5-3-4-6-17(16)25(28)29/h3-10H,11-12H2,1-2H3,(H,22,26)(H,24,27). The molecule has 0 aliphatic carbocycles. The molecule has 0 fully saturated rings. The number of aryl methyl sites for hydroxylation is 2. The van der Waals surface area contributed by atoms with Gasteiger partial charge in [-0.05, 0) is 19.9 Å². The molecule has 3 aromatic rings. The lowest BCUT2D eigenvalue weighted by Gasteiger charge is -2.06. The van der Waals surface area contributed by atoms with Gasteiger partial charge in [0.15, 0.2) is 0 Å². The number of hydrogen-bond acceptors (Lipinski definition) is 6. The van der Waals surface area contributed by atoms with Crippen molar-refractivity contribution in [2.45, 2.75) is 20.3 Å². The Morgan fingerprint density at radius 2 is 1.77 bits per heavy atom. The van der Waals surface area contributed by atoms with Crippen molar-refractivity contribution < 1.29 is 14.5 Å². The molecule has 2 amide bonds. The van der Waals surface area contributed by atoms with Gasteiger partial charge in [-0.1, -0.05) is 42.0 Å². The smallest absolute Gasteiger partial charge is 0.313 e. The Hall–Kier alpha value is -3.59. The van der Waals surface area contributed by atoms with E-state index in [-0.39, 0.29) is 17.9 Å². The molecule has 0 radical (unpaired) electrons. The molecule has 9 heteroatoms. The van der Waals surface area contributed by atoms with Crippen molar-refractivity contribution in [3.05, 3.63) is 74.8 Å². The van der Waals surface area contributed by atoms with E-state index in [1.165, 1.54) is 23.8 Å². The molecule has 0 spiro atoms. The number of thiazole rings is 1. The van der Waals surface area contributed by atoms with Crippen LogP contribution in [0.4, 0.5) is 11.4 Å². The fourth-order valence-corrected chi connectivity index (χ4v) is 3.83. The van der Waals surface area contributed by atoms with E-state index in [1.807, 2.05) is 38.1 Å². The number of carbonyl (C=O) groups is 2. The van der Waals surface area contributed by atoms with Crippen LogP contribution in [-0.2, 0) is 16.0 Å². The molecule has 0 saturated carbocycles. The maximum atomic E-state index is 12.1. The van der Waals surface area contributed by atoms with Crippen molar-refractivity contribution in [2.24, 2.45) is 0 Å². The monoisotopic (exact) mass is 424 g/mol. The van der Waals surface area contributed by atoms with Gasteiger partial charge in [-0.15, -0.1) is 11.3 Å². The summed E-state index contributed by atoms with van der Waals surface area (Å²) in [5.41, 5.74) is 2.79. The second kappa shape index (κ2) is 9.27. The number of rotatable bonds is 6. The zero-order chi connectivity index (χ0) is 21.7. The van der Waals surface area contributed by atoms with Gasteiger partial charge in [0.05, 0.1) is 10.6 Å². The molecule has 3 rings (SSSR count). The highest BCUT2D eigenvalue weighted by molar-refractivity contribution is 7.15. The summed E-state index contributed by atoms with van der Waals surface area (Å²) < 4.78 is 0. The highest BCUT2D eigenvalue weighted by atomic mass is 32.1. The third-order valence-corrected chi connectivity index (χ3v) is 5.65. The summed E-state index contributed by atoms with van der Waals surface area (Å²) in [4.78, 5) is 40.1. The summed E-state index contributed by atoms with van der Waals surface area (Å²) in [6, 6.07) is 13.7. The third kappa shape index (κ3) is 5.06. The van der Waals surface area contributed by atoms with E-state index in [0.29, 0.717) is 6.42 Å². The van der Waals surface area contributed by atoms with E-state index >= 15 is 0 Å². The van der Waals surface area contributed by atoms with Gasteiger partial charge in [-0.2, -0.15) is 0 Å². The van der Waals surface area contributed by atoms with Crippen LogP contribution in [0.3, 0.4) is 0 Å². The van der Waals surface area contributed by atoms with E-state index in [0.717, 1.165) is 21.1 Å². The Labute approximate surface area is 177 Å². The van der Waals surface area contributed by atoms with Crippen LogP contribution in [-0.4, -0.2) is 28.3 Å². The Kier molecular flexibility index (Phi) is 6.53. The lowest BCUT2D eigenvalue weighted by molar-refractivity contribution is -0.383. The molecule has 154 valence electrons. The van der Waals surface area contributed by atoms with Crippen molar-refractivity contribution in [3.8, 4) is 10.6 Å². The summed E-state index contributed by atoms with van der Waals surface area (Å²) in [6.07, 6.45) is 0.528. The molecule has 2 aromatic carbocycles. The number of carbonyl (C=O) groups excluding carboxylic acids is 2. The molecule has 0 saturated heterocycles. The maximum absolute atomic E-state index is 12.1. The number of nitro groups is 1. The second-order valence-electron chi connectivity index (χ2n) is 6.63. The number of nitro benzene ring substituents is 1. The maximum Gasteiger partial charge on any atom is 0.313 e. The van der Waals surface area contributed by atoms with Crippen molar-refractivity contribution >= 4 is 34.5 Å². The van der Waals surface area contributed by atoms with E-state index in [2.05, 4.69) is 15.6 Å². The van der Waals surface area contributed by atoms with Crippen LogP contribution in [0.15, 0.2) is 48.5 Å². The molecule has 2 N–H and O–H groups in total. The van der Waals surface area contributed by atoms with Gasteiger partial charge in [0.1, 0.15) is 10.7 Å². The zero-order valence-electron chi connectivity index (χ0n) is 16.5. The Balaban J connectivity index is 1.56. The number of aromatic nitrogens is 1. The summed E-state index contributed by atoms with van der Waals surface area (Å²) in [6.45, 7) is 4.18. The van der Waals surface area contributed by atoms with Gasteiger partial charge < -0.3 is 10.6 Å². The first kappa shape index (κ1) is 21.1. The van der Waals surface area contributed by atoms with Gasteiger partial charge in [-0.3, -0.25) is 19.7 Å². The molecule has 0 atom stereocenters. The van der Waals surface area contributed by atoms with Gasteiger partial charge in [-0.25, -0.2) is 4.98 Å². The topological polar surface area (TPSA) is 114 Å². The van der Waals surface area contributed by atoms with Crippen LogP contribution in [0.25, 0.3) is 10.6 Å². The molecule has 1 aromatic heterocycles. The molecule has 8 nitrogen and oxygen atoms in total. The number of hydrogen-bond donors (Lipinski definition) is 2. The largest absolute Gasteiger partial charge is 0.347 e. The van der Waals surface area contributed by atoms with Crippen LogP contribution in [0, 0.1) is 24.0 Å². The molecule has 1 heterocycles. The minimum atomic E-state index is -0.953. The van der Waals surface area contributed by atoms with Crippen molar-refractivity contribution in [3.63, 3.8) is 0 Å². The number of amides is 2. The average Bonchev–Trinajstić information content (AvgIpc) is 3.09. The minimum absolute atomic E-state index is 0.0244. The predicted molar refractivity (Wildman–Crippen MR) is 115 cm³/mol. The van der Waals surface area contributed by atoms with Crippen molar-refractivity contribution in [1.29, 1.82) is 0 Å². The number of benzene rings is 2. The van der Waals surface area contributed by atoms with Gasteiger partial charge in [0.25, 0.3) is 5.69 Å². The van der Waals surface area contributed by atoms with Gasteiger partial charge in [0, 0.05) is 29.5 Å². The fraction of sp³-hybridized carbons (Fsp3) is 0.190. The first-order chi connectivity index (χ1) is 14.3. The quantitative estimate of drug-likeness (QED) is 0.356. The van der Waals surface area contributed by atoms with Gasteiger partial charge >= 0.3 is 11.8 Å². The molecular formula is C21H20N4O4S. The highest BCUT2D eigenvalue weighted by Crippen LogP contribution is 2.28. The average molecular weight is 424 g/mol. The van der Waals surface area contributed by atoms with Crippen LogP contribution in [0.2, 0.25) is 0 Å². The first-order valence-electron chi connectivity index (χ1n) is 9.21. The van der Waals surface area contributed by atoms with Crippen molar-refractivity contribution in [2.75, 3.05) is 11.9 Å². The normalized spacial score (nSPS) is 10.5. The second-order valence-corrected chi connectivity index (χ2v) is 7.71. The highest BCUT2D eigenvalue weighted by Gasteiger charge is 2.19. The Bertz CT molecular complexity index is 1090. The van der Waals surface area contributed by atoms with E-state index < -0.39 is 16.7 Å². The SMILES string of the molecule is Cc1ccc(-c2nc(C)c(CCNC(=O)C(=O)Nc3ccccc3[N+](=O)[O-])s2)cc1. The Morgan fingerprint density at radius 3 is 2.47 bits per heavy atom. The molecule has 0 bridgehead atoms.